The van der Waals surface area contributed by atoms with Gasteiger partial charge in [0.25, 0.3) is 5.91 Å². The summed E-state index contributed by atoms with van der Waals surface area (Å²) in [7, 11) is 2.13. The van der Waals surface area contributed by atoms with Gasteiger partial charge in [0.1, 0.15) is 23.1 Å². The number of likely N-dealkylation sites (N-methyl/N-ethyl adjacent to an activating group) is 1. The number of amides is 1. The average Bonchev–Trinajstić information content (AvgIpc) is 3.67. The molecule has 0 saturated carbocycles. The maximum atomic E-state index is 14.6. The number of rotatable bonds is 6. The maximum absolute atomic E-state index is 14.6. The quantitative estimate of drug-likeness (QED) is 0.197. The summed E-state index contributed by atoms with van der Waals surface area (Å²) in [6, 6.07) is 13.1. The molecule has 0 fully saturated rings. The molecule has 11 heteroatoms. The molecule has 230 valence electrons. The van der Waals surface area contributed by atoms with E-state index in [1.807, 2.05) is 19.2 Å². The zero-order valence-electron chi connectivity index (χ0n) is 25.3. The van der Waals surface area contributed by atoms with E-state index in [2.05, 4.69) is 42.8 Å². The molecular formula is C34H32F2N6O2S. The topological polar surface area (TPSA) is 76.4 Å². The van der Waals surface area contributed by atoms with Gasteiger partial charge >= 0.3 is 0 Å². The Labute approximate surface area is 263 Å². The van der Waals surface area contributed by atoms with Crippen LogP contribution in [0.3, 0.4) is 0 Å². The minimum Gasteiger partial charge on any atom is -0.490 e. The SMILES string of the molecule is C=C(F)C(=O)N1CCn2nc(-c3nc(-c4ccc5c(c4)CCN(C)C5)c4ccsc4c3-c3ccc(F)cc3OC(C)C)nc2C1. The molecule has 7 rings (SSSR count). The number of halogens is 2. The molecule has 1 amide bonds. The van der Waals surface area contributed by atoms with E-state index in [1.165, 1.54) is 28.2 Å². The minimum absolute atomic E-state index is 0.0930. The highest BCUT2D eigenvalue weighted by molar-refractivity contribution is 7.18. The number of fused-ring (bicyclic) bond motifs is 3. The van der Waals surface area contributed by atoms with E-state index in [4.69, 9.17) is 19.8 Å². The number of aromatic nitrogens is 4. The first-order valence-electron chi connectivity index (χ1n) is 14.9. The number of carbonyl (C=O) groups excluding carboxylic acids is 1. The van der Waals surface area contributed by atoms with E-state index in [1.54, 1.807) is 22.1 Å². The molecule has 0 unspecified atom stereocenters. The van der Waals surface area contributed by atoms with Crippen molar-refractivity contribution in [1.82, 2.24) is 29.5 Å². The second-order valence-electron chi connectivity index (χ2n) is 11.8. The van der Waals surface area contributed by atoms with Crippen LogP contribution < -0.4 is 4.74 Å². The van der Waals surface area contributed by atoms with Crippen LogP contribution in [0.4, 0.5) is 8.78 Å². The Morgan fingerprint density at radius 1 is 1.02 bits per heavy atom. The summed E-state index contributed by atoms with van der Waals surface area (Å²) >= 11 is 1.57. The van der Waals surface area contributed by atoms with E-state index in [0.717, 1.165) is 46.4 Å². The number of ether oxygens (including phenoxy) is 1. The van der Waals surface area contributed by atoms with Gasteiger partial charge in [0, 0.05) is 52.5 Å². The summed E-state index contributed by atoms with van der Waals surface area (Å²) in [6.45, 7) is 9.58. The number of carbonyl (C=O) groups is 1. The van der Waals surface area contributed by atoms with Crippen molar-refractivity contribution in [3.8, 4) is 39.7 Å². The number of nitrogens with zero attached hydrogens (tertiary/aromatic N) is 6. The highest BCUT2D eigenvalue weighted by Gasteiger charge is 2.29. The van der Waals surface area contributed by atoms with Crippen LogP contribution in [-0.4, -0.2) is 61.7 Å². The van der Waals surface area contributed by atoms with E-state index >= 15 is 0 Å². The molecule has 2 aliphatic heterocycles. The largest absolute Gasteiger partial charge is 0.490 e. The number of hydrogen-bond donors (Lipinski definition) is 0. The van der Waals surface area contributed by atoms with Crippen LogP contribution in [0.2, 0.25) is 0 Å². The molecule has 0 radical (unpaired) electrons. The van der Waals surface area contributed by atoms with Crippen molar-refractivity contribution < 1.29 is 18.3 Å². The lowest BCUT2D eigenvalue weighted by molar-refractivity contribution is -0.130. The second-order valence-corrected chi connectivity index (χ2v) is 12.7. The van der Waals surface area contributed by atoms with E-state index in [-0.39, 0.29) is 19.2 Å². The van der Waals surface area contributed by atoms with Crippen LogP contribution >= 0.6 is 11.3 Å². The molecule has 2 aromatic carbocycles. The summed E-state index contributed by atoms with van der Waals surface area (Å²) in [4.78, 5) is 26.2. The summed E-state index contributed by atoms with van der Waals surface area (Å²) < 4.78 is 37.1. The summed E-state index contributed by atoms with van der Waals surface area (Å²) in [5.74, 6) is -0.891. The molecule has 0 atom stereocenters. The van der Waals surface area contributed by atoms with E-state index < -0.39 is 17.6 Å². The lowest BCUT2D eigenvalue weighted by Gasteiger charge is -2.25. The molecule has 0 aliphatic carbocycles. The van der Waals surface area contributed by atoms with Crippen LogP contribution in [0, 0.1) is 5.82 Å². The molecule has 5 aromatic rings. The van der Waals surface area contributed by atoms with Crippen molar-refractivity contribution in [2.24, 2.45) is 0 Å². The van der Waals surface area contributed by atoms with Crippen molar-refractivity contribution in [1.29, 1.82) is 0 Å². The van der Waals surface area contributed by atoms with Crippen molar-refractivity contribution >= 4 is 27.3 Å². The Bertz CT molecular complexity index is 1980. The highest BCUT2D eigenvalue weighted by atomic mass is 32.1. The van der Waals surface area contributed by atoms with Gasteiger partial charge in [0.05, 0.1) is 24.9 Å². The van der Waals surface area contributed by atoms with Crippen LogP contribution in [-0.2, 0) is 30.8 Å². The molecule has 45 heavy (non-hydrogen) atoms. The summed E-state index contributed by atoms with van der Waals surface area (Å²) in [6.07, 6.45) is 0.764. The Morgan fingerprint density at radius 3 is 2.67 bits per heavy atom. The predicted molar refractivity (Wildman–Crippen MR) is 171 cm³/mol. The third kappa shape index (κ3) is 5.40. The number of hydrogen-bond acceptors (Lipinski definition) is 7. The third-order valence-electron chi connectivity index (χ3n) is 8.26. The van der Waals surface area contributed by atoms with Gasteiger partial charge in [0.2, 0.25) is 5.82 Å². The monoisotopic (exact) mass is 626 g/mol. The fourth-order valence-corrected chi connectivity index (χ4v) is 7.09. The van der Waals surface area contributed by atoms with Crippen LogP contribution in [0.1, 0.15) is 30.8 Å². The Hall–Kier alpha value is -4.48. The van der Waals surface area contributed by atoms with Crippen molar-refractivity contribution in [3.63, 3.8) is 0 Å². The zero-order chi connectivity index (χ0) is 31.4. The first-order valence-corrected chi connectivity index (χ1v) is 15.8. The standard InChI is InChI=1S/C34H32F2N6O2S/c1-19(2)44-27-16-24(36)7-8-25(27)29-31(33-37-28-18-41(34(43)20(3)35)12-13-42(28)39-33)38-30(26-10-14-45-32(26)29)22-5-6-23-17-40(4)11-9-21(23)15-22/h5-8,10,14-16,19H,3,9,11-13,17-18H2,1-2,4H3. The molecule has 3 aromatic heterocycles. The first kappa shape index (κ1) is 29.2. The minimum atomic E-state index is -1.01. The molecule has 8 nitrogen and oxygen atoms in total. The first-order chi connectivity index (χ1) is 21.7. The Balaban J connectivity index is 1.45. The van der Waals surface area contributed by atoms with Gasteiger partial charge in [-0.2, -0.15) is 0 Å². The fourth-order valence-electron chi connectivity index (χ4n) is 6.13. The smallest absolute Gasteiger partial charge is 0.282 e. The highest BCUT2D eigenvalue weighted by Crippen LogP contribution is 2.46. The molecular weight excluding hydrogens is 594 g/mol. The lowest BCUT2D eigenvalue weighted by Crippen LogP contribution is -2.38. The predicted octanol–water partition coefficient (Wildman–Crippen LogP) is 6.63. The van der Waals surface area contributed by atoms with Crippen LogP contribution in [0.15, 0.2) is 60.3 Å². The number of thiophene rings is 1. The summed E-state index contributed by atoms with van der Waals surface area (Å²) in [5, 5.41) is 7.83. The number of pyridine rings is 1. The van der Waals surface area contributed by atoms with Gasteiger partial charge in [0.15, 0.2) is 5.83 Å². The number of benzene rings is 2. The average molecular weight is 627 g/mol. The molecule has 0 spiro atoms. The second kappa shape index (κ2) is 11.5. The molecule has 0 bridgehead atoms. The van der Waals surface area contributed by atoms with Gasteiger partial charge in [-0.1, -0.05) is 18.7 Å². The van der Waals surface area contributed by atoms with Gasteiger partial charge < -0.3 is 14.5 Å². The van der Waals surface area contributed by atoms with Crippen LogP contribution in [0.5, 0.6) is 5.75 Å². The van der Waals surface area contributed by atoms with Gasteiger partial charge in [-0.25, -0.2) is 23.4 Å². The fraction of sp³-hybridized carbons (Fsp3) is 0.294. The van der Waals surface area contributed by atoms with Crippen molar-refractivity contribution in [3.05, 3.63) is 83.0 Å². The van der Waals surface area contributed by atoms with Crippen molar-refractivity contribution in [2.45, 2.75) is 46.0 Å². The third-order valence-corrected chi connectivity index (χ3v) is 9.19. The molecule has 5 heterocycles. The van der Waals surface area contributed by atoms with Gasteiger partial charge in [-0.3, -0.25) is 4.79 Å². The van der Waals surface area contributed by atoms with Gasteiger partial charge in [-0.15, -0.1) is 16.4 Å². The van der Waals surface area contributed by atoms with E-state index in [0.29, 0.717) is 35.2 Å². The van der Waals surface area contributed by atoms with E-state index in [9.17, 15) is 13.6 Å². The zero-order valence-corrected chi connectivity index (χ0v) is 26.1. The lowest BCUT2D eigenvalue weighted by atomic mass is 9.94. The maximum Gasteiger partial charge on any atom is 0.282 e. The summed E-state index contributed by atoms with van der Waals surface area (Å²) in [5.41, 5.74) is 6.36. The molecule has 0 saturated heterocycles. The Kier molecular flexibility index (Phi) is 7.45. The van der Waals surface area contributed by atoms with Crippen LogP contribution in [0.25, 0.3) is 44.0 Å². The van der Waals surface area contributed by atoms with Crippen molar-refractivity contribution in [2.75, 3.05) is 20.1 Å². The molecule has 0 N–H and O–H groups in total. The Morgan fingerprint density at radius 2 is 1.87 bits per heavy atom. The van der Waals surface area contributed by atoms with Gasteiger partial charge in [-0.05, 0) is 68.1 Å². The normalized spacial score (nSPS) is 14.9. The molecule has 2 aliphatic rings.